The molecule has 0 saturated carbocycles. The minimum Gasteiger partial charge on any atom is -0.508 e. The first kappa shape index (κ1) is 13.0. The van der Waals surface area contributed by atoms with E-state index in [0.717, 1.165) is 34.9 Å². The minimum atomic E-state index is 0.0762. The van der Waals surface area contributed by atoms with Crippen LogP contribution in [0.1, 0.15) is 29.7 Å². The lowest BCUT2D eigenvalue weighted by molar-refractivity contribution is 0.0829. The maximum atomic E-state index is 9.74. The Morgan fingerprint density at radius 1 is 1.19 bits per heavy atom. The van der Waals surface area contributed by atoms with Crippen LogP contribution < -0.4 is 5.32 Å². The second-order valence-electron chi connectivity index (χ2n) is 5.69. The van der Waals surface area contributed by atoms with Crippen molar-refractivity contribution in [1.82, 2.24) is 0 Å². The number of nitrogens with one attached hydrogen (secondary N) is 1. The van der Waals surface area contributed by atoms with Crippen LogP contribution >= 0.6 is 11.6 Å². The number of aromatic hydroxyl groups is 1. The zero-order valence-corrected chi connectivity index (χ0v) is 12.2. The molecule has 2 aliphatic rings. The fourth-order valence-electron chi connectivity index (χ4n) is 3.49. The molecule has 1 fully saturated rings. The van der Waals surface area contributed by atoms with Crippen LogP contribution in [0.4, 0.5) is 5.69 Å². The van der Waals surface area contributed by atoms with Crippen LogP contribution in [-0.2, 0) is 4.74 Å². The lowest BCUT2D eigenvalue weighted by atomic mass is 9.81. The molecule has 0 spiro atoms. The highest BCUT2D eigenvalue weighted by atomic mass is 35.5. The SMILES string of the molecule is Oc1cccc(C2Nc3ccc(Cl)cc3C3OCCC23)c1. The molecule has 0 aliphatic carbocycles. The van der Waals surface area contributed by atoms with Crippen LogP contribution in [0, 0.1) is 5.92 Å². The van der Waals surface area contributed by atoms with Crippen LogP contribution in [0.3, 0.4) is 0 Å². The zero-order valence-electron chi connectivity index (χ0n) is 11.4. The Balaban J connectivity index is 1.79. The third kappa shape index (κ3) is 2.17. The van der Waals surface area contributed by atoms with Gasteiger partial charge in [-0.05, 0) is 42.3 Å². The molecule has 4 rings (SSSR count). The highest BCUT2D eigenvalue weighted by Gasteiger charge is 2.41. The predicted molar refractivity (Wildman–Crippen MR) is 82.7 cm³/mol. The molecule has 21 heavy (non-hydrogen) atoms. The van der Waals surface area contributed by atoms with Crippen LogP contribution in [0.2, 0.25) is 5.02 Å². The average Bonchev–Trinajstić information content (AvgIpc) is 2.96. The first-order valence-electron chi connectivity index (χ1n) is 7.19. The van der Waals surface area contributed by atoms with Crippen LogP contribution in [-0.4, -0.2) is 11.7 Å². The Hall–Kier alpha value is -1.71. The molecule has 0 aromatic heterocycles. The van der Waals surface area contributed by atoms with E-state index in [-0.39, 0.29) is 12.1 Å². The Labute approximate surface area is 128 Å². The predicted octanol–water partition coefficient (Wildman–Crippen LogP) is 4.29. The van der Waals surface area contributed by atoms with Gasteiger partial charge < -0.3 is 15.2 Å². The van der Waals surface area contributed by atoms with E-state index in [1.807, 2.05) is 36.4 Å². The van der Waals surface area contributed by atoms with Crippen molar-refractivity contribution in [3.63, 3.8) is 0 Å². The quantitative estimate of drug-likeness (QED) is 0.825. The molecule has 2 aromatic carbocycles. The molecular formula is C17H16ClNO2. The molecule has 3 nitrogen and oxygen atoms in total. The van der Waals surface area contributed by atoms with Gasteiger partial charge in [0.25, 0.3) is 0 Å². The number of rotatable bonds is 1. The summed E-state index contributed by atoms with van der Waals surface area (Å²) in [6.07, 6.45) is 1.08. The number of halogens is 1. The maximum absolute atomic E-state index is 9.74. The fraction of sp³-hybridized carbons (Fsp3) is 0.294. The van der Waals surface area contributed by atoms with E-state index in [2.05, 4.69) is 5.32 Å². The van der Waals surface area contributed by atoms with Crippen molar-refractivity contribution < 1.29 is 9.84 Å². The van der Waals surface area contributed by atoms with Gasteiger partial charge in [-0.3, -0.25) is 0 Å². The summed E-state index contributed by atoms with van der Waals surface area (Å²) >= 11 is 6.12. The topological polar surface area (TPSA) is 41.5 Å². The van der Waals surface area contributed by atoms with E-state index >= 15 is 0 Å². The Bertz CT molecular complexity index is 688. The summed E-state index contributed by atoms with van der Waals surface area (Å²) in [5.74, 6) is 0.657. The number of phenolic OH excluding ortho intramolecular Hbond substituents is 1. The monoisotopic (exact) mass is 301 g/mol. The Morgan fingerprint density at radius 2 is 2.10 bits per heavy atom. The van der Waals surface area contributed by atoms with Crippen molar-refractivity contribution in [1.29, 1.82) is 0 Å². The van der Waals surface area contributed by atoms with Gasteiger partial charge in [0, 0.05) is 28.8 Å². The number of benzene rings is 2. The van der Waals surface area contributed by atoms with Crippen molar-refractivity contribution >= 4 is 17.3 Å². The minimum absolute atomic E-state index is 0.0762. The summed E-state index contributed by atoms with van der Waals surface area (Å²) in [6.45, 7) is 0.762. The highest BCUT2D eigenvalue weighted by Crippen LogP contribution is 2.50. The van der Waals surface area contributed by atoms with Gasteiger partial charge in [-0.15, -0.1) is 0 Å². The standard InChI is InChI=1S/C17H16ClNO2/c18-11-4-5-15-14(9-11)17-13(6-7-21-17)16(19-15)10-2-1-3-12(20)8-10/h1-5,8-9,13,16-17,19-20H,6-7H2. The lowest BCUT2D eigenvalue weighted by Gasteiger charge is -2.36. The third-order valence-electron chi connectivity index (χ3n) is 4.43. The molecule has 0 radical (unpaired) electrons. The lowest BCUT2D eigenvalue weighted by Crippen LogP contribution is -2.29. The van der Waals surface area contributed by atoms with E-state index in [4.69, 9.17) is 16.3 Å². The molecule has 2 aliphatic heterocycles. The molecule has 4 heteroatoms. The number of phenols is 1. The van der Waals surface area contributed by atoms with Crippen molar-refractivity contribution in [2.24, 2.45) is 5.92 Å². The summed E-state index contributed by atoms with van der Waals surface area (Å²) in [5.41, 5.74) is 3.30. The summed E-state index contributed by atoms with van der Waals surface area (Å²) < 4.78 is 5.96. The van der Waals surface area contributed by atoms with Crippen LogP contribution in [0.5, 0.6) is 5.75 Å². The number of hydrogen-bond donors (Lipinski definition) is 2. The van der Waals surface area contributed by atoms with Crippen LogP contribution in [0.25, 0.3) is 0 Å². The smallest absolute Gasteiger partial charge is 0.115 e. The molecule has 0 amide bonds. The number of hydrogen-bond acceptors (Lipinski definition) is 3. The van der Waals surface area contributed by atoms with E-state index in [9.17, 15) is 5.11 Å². The highest BCUT2D eigenvalue weighted by molar-refractivity contribution is 6.30. The average molecular weight is 302 g/mol. The zero-order chi connectivity index (χ0) is 14.4. The first-order chi connectivity index (χ1) is 10.2. The second-order valence-corrected chi connectivity index (χ2v) is 6.13. The van der Waals surface area contributed by atoms with Gasteiger partial charge in [-0.25, -0.2) is 0 Å². The van der Waals surface area contributed by atoms with Gasteiger partial charge in [-0.2, -0.15) is 0 Å². The van der Waals surface area contributed by atoms with Gasteiger partial charge in [0.1, 0.15) is 5.75 Å². The Kier molecular flexibility index (Phi) is 3.05. The first-order valence-corrected chi connectivity index (χ1v) is 7.57. The fourth-order valence-corrected chi connectivity index (χ4v) is 3.67. The number of fused-ring (bicyclic) bond motifs is 3. The second kappa shape index (κ2) is 4.93. The van der Waals surface area contributed by atoms with E-state index < -0.39 is 0 Å². The van der Waals surface area contributed by atoms with E-state index in [1.165, 1.54) is 0 Å². The molecule has 108 valence electrons. The molecule has 2 N–H and O–H groups in total. The molecule has 3 atom stereocenters. The summed E-state index contributed by atoms with van der Waals surface area (Å²) in [6, 6.07) is 13.5. The van der Waals surface area contributed by atoms with Crippen molar-refractivity contribution in [3.05, 3.63) is 58.6 Å². The molecule has 3 unspecified atom stereocenters. The van der Waals surface area contributed by atoms with Crippen molar-refractivity contribution in [2.45, 2.75) is 18.6 Å². The van der Waals surface area contributed by atoms with Crippen molar-refractivity contribution in [3.8, 4) is 5.75 Å². The molecule has 2 aromatic rings. The van der Waals surface area contributed by atoms with Crippen molar-refractivity contribution in [2.75, 3.05) is 11.9 Å². The van der Waals surface area contributed by atoms with Gasteiger partial charge in [0.05, 0.1) is 12.1 Å². The van der Waals surface area contributed by atoms with Gasteiger partial charge in [0.15, 0.2) is 0 Å². The summed E-state index contributed by atoms with van der Waals surface area (Å²) in [5, 5.41) is 14.1. The van der Waals surface area contributed by atoms with Crippen LogP contribution in [0.15, 0.2) is 42.5 Å². The normalized spacial score (nSPS) is 26.8. The number of anilines is 1. The van der Waals surface area contributed by atoms with Gasteiger partial charge >= 0.3 is 0 Å². The largest absolute Gasteiger partial charge is 0.508 e. The van der Waals surface area contributed by atoms with E-state index in [0.29, 0.717) is 11.7 Å². The van der Waals surface area contributed by atoms with E-state index in [1.54, 1.807) is 6.07 Å². The summed E-state index contributed by atoms with van der Waals surface area (Å²) in [4.78, 5) is 0. The third-order valence-corrected chi connectivity index (χ3v) is 4.66. The Morgan fingerprint density at radius 3 is 2.95 bits per heavy atom. The summed E-state index contributed by atoms with van der Waals surface area (Å²) in [7, 11) is 0. The molecular weight excluding hydrogens is 286 g/mol. The molecule has 2 heterocycles. The molecule has 0 bridgehead atoms. The van der Waals surface area contributed by atoms with Gasteiger partial charge in [-0.1, -0.05) is 23.7 Å². The maximum Gasteiger partial charge on any atom is 0.115 e. The van der Waals surface area contributed by atoms with Gasteiger partial charge in [0.2, 0.25) is 0 Å². The molecule has 1 saturated heterocycles. The number of ether oxygens (including phenoxy) is 1.